The van der Waals surface area contributed by atoms with E-state index in [1.165, 1.54) is 11.1 Å². The molecule has 0 fully saturated rings. The molecule has 0 aromatic heterocycles. The summed E-state index contributed by atoms with van der Waals surface area (Å²) in [6.07, 6.45) is -0.643. The van der Waals surface area contributed by atoms with Crippen molar-refractivity contribution in [2.75, 3.05) is 0 Å². The number of aryl methyl sites for hydroxylation is 2. The first-order valence-electron chi connectivity index (χ1n) is 5.69. The molecule has 0 aliphatic heterocycles. The Labute approximate surface area is 121 Å². The lowest BCUT2D eigenvalue weighted by Gasteiger charge is -2.15. The van der Waals surface area contributed by atoms with Crippen LogP contribution in [0.1, 0.15) is 28.4 Å². The quantitative estimate of drug-likeness (QED) is 0.841. The van der Waals surface area contributed by atoms with Gasteiger partial charge in [0.15, 0.2) is 0 Å². The smallest absolute Gasteiger partial charge is 0.105 e. The molecule has 94 valence electrons. The summed E-state index contributed by atoms with van der Waals surface area (Å²) in [7, 11) is 0. The molecule has 2 aromatic rings. The Hall–Kier alpha value is -0.830. The van der Waals surface area contributed by atoms with Gasteiger partial charge in [-0.3, -0.25) is 0 Å². The van der Waals surface area contributed by atoms with E-state index in [-0.39, 0.29) is 0 Å². The standard InChI is InChI=1S/C15H14BrClO/c1-9-7-13(14(16)8-10(9)2)15(18)11-3-5-12(17)6-4-11/h3-8,15,18H,1-2H3. The maximum absolute atomic E-state index is 10.4. The highest BCUT2D eigenvalue weighted by molar-refractivity contribution is 9.10. The van der Waals surface area contributed by atoms with Crippen LogP contribution < -0.4 is 0 Å². The Morgan fingerprint density at radius 3 is 2.22 bits per heavy atom. The number of hydrogen-bond acceptors (Lipinski definition) is 1. The summed E-state index contributed by atoms with van der Waals surface area (Å²) < 4.78 is 0.924. The predicted molar refractivity (Wildman–Crippen MR) is 79.1 cm³/mol. The van der Waals surface area contributed by atoms with Gasteiger partial charge in [-0.25, -0.2) is 0 Å². The van der Waals surface area contributed by atoms with Crippen molar-refractivity contribution in [3.05, 3.63) is 68.1 Å². The summed E-state index contributed by atoms with van der Waals surface area (Å²) in [6, 6.07) is 11.3. The molecule has 1 N–H and O–H groups in total. The van der Waals surface area contributed by atoms with Gasteiger partial charge in [-0.15, -0.1) is 0 Å². The molecule has 0 spiro atoms. The van der Waals surface area contributed by atoms with Crippen LogP contribution in [-0.4, -0.2) is 5.11 Å². The van der Waals surface area contributed by atoms with Gasteiger partial charge >= 0.3 is 0 Å². The van der Waals surface area contributed by atoms with Gasteiger partial charge in [0.05, 0.1) is 0 Å². The summed E-state index contributed by atoms with van der Waals surface area (Å²) in [5.74, 6) is 0. The molecule has 1 nitrogen and oxygen atoms in total. The number of benzene rings is 2. The summed E-state index contributed by atoms with van der Waals surface area (Å²) >= 11 is 9.36. The molecule has 1 unspecified atom stereocenters. The van der Waals surface area contributed by atoms with Gasteiger partial charge in [0.1, 0.15) is 6.10 Å². The van der Waals surface area contributed by atoms with Crippen LogP contribution in [0.3, 0.4) is 0 Å². The highest BCUT2D eigenvalue weighted by Gasteiger charge is 2.14. The van der Waals surface area contributed by atoms with E-state index in [1.54, 1.807) is 12.1 Å². The molecular weight excluding hydrogens is 312 g/mol. The first kappa shape index (κ1) is 13.6. The lowest BCUT2D eigenvalue weighted by Crippen LogP contribution is -2.01. The van der Waals surface area contributed by atoms with Gasteiger partial charge in [0.25, 0.3) is 0 Å². The molecule has 2 aromatic carbocycles. The summed E-state index contributed by atoms with van der Waals surface area (Å²) in [6.45, 7) is 4.10. The van der Waals surface area contributed by atoms with E-state index in [0.717, 1.165) is 15.6 Å². The lowest BCUT2D eigenvalue weighted by atomic mass is 9.98. The van der Waals surface area contributed by atoms with Gasteiger partial charge in [-0.1, -0.05) is 45.7 Å². The normalized spacial score (nSPS) is 12.5. The third-order valence-electron chi connectivity index (χ3n) is 3.09. The lowest BCUT2D eigenvalue weighted by molar-refractivity contribution is 0.219. The zero-order valence-corrected chi connectivity index (χ0v) is 12.6. The Morgan fingerprint density at radius 2 is 1.61 bits per heavy atom. The van der Waals surface area contributed by atoms with Gasteiger partial charge in [-0.05, 0) is 54.3 Å². The summed E-state index contributed by atoms with van der Waals surface area (Å²) in [5, 5.41) is 11.1. The molecule has 0 bridgehead atoms. The largest absolute Gasteiger partial charge is 0.384 e. The van der Waals surface area contributed by atoms with Crippen LogP contribution in [0.4, 0.5) is 0 Å². The third kappa shape index (κ3) is 2.77. The molecule has 0 saturated heterocycles. The fraction of sp³-hybridized carbons (Fsp3) is 0.200. The number of hydrogen-bond donors (Lipinski definition) is 1. The van der Waals surface area contributed by atoms with Gasteiger partial charge in [0.2, 0.25) is 0 Å². The Morgan fingerprint density at radius 1 is 1.06 bits per heavy atom. The summed E-state index contributed by atoms with van der Waals surface area (Å²) in [4.78, 5) is 0. The second-order valence-corrected chi connectivity index (χ2v) is 5.70. The molecular formula is C15H14BrClO. The third-order valence-corrected chi connectivity index (χ3v) is 4.03. The SMILES string of the molecule is Cc1cc(Br)c(C(O)c2ccc(Cl)cc2)cc1C. The van der Waals surface area contributed by atoms with Crippen molar-refractivity contribution in [1.29, 1.82) is 0 Å². The molecule has 0 radical (unpaired) electrons. The van der Waals surface area contributed by atoms with Crippen LogP contribution in [-0.2, 0) is 0 Å². The molecule has 18 heavy (non-hydrogen) atoms. The second kappa shape index (κ2) is 5.43. The van der Waals surface area contributed by atoms with Crippen LogP contribution in [0.5, 0.6) is 0 Å². The average molecular weight is 326 g/mol. The first-order chi connectivity index (χ1) is 8.49. The molecule has 2 rings (SSSR count). The number of aliphatic hydroxyl groups is 1. The maximum Gasteiger partial charge on any atom is 0.105 e. The fourth-order valence-corrected chi connectivity index (χ4v) is 2.64. The molecule has 0 amide bonds. The number of halogens is 2. The minimum absolute atomic E-state index is 0.643. The molecule has 0 heterocycles. The highest BCUT2D eigenvalue weighted by Crippen LogP contribution is 2.31. The molecule has 0 saturated carbocycles. The second-order valence-electron chi connectivity index (χ2n) is 4.41. The van der Waals surface area contributed by atoms with Crippen molar-refractivity contribution >= 4 is 27.5 Å². The predicted octanol–water partition coefficient (Wildman–Crippen LogP) is 4.80. The van der Waals surface area contributed by atoms with Crippen LogP contribution in [0, 0.1) is 13.8 Å². The van der Waals surface area contributed by atoms with E-state index in [4.69, 9.17) is 11.6 Å². The Kier molecular flexibility index (Phi) is 4.10. The minimum Gasteiger partial charge on any atom is -0.384 e. The van der Waals surface area contributed by atoms with E-state index in [2.05, 4.69) is 22.9 Å². The van der Waals surface area contributed by atoms with Gasteiger partial charge in [0, 0.05) is 9.50 Å². The Bertz CT molecular complexity index is 563. The number of rotatable bonds is 2. The van der Waals surface area contributed by atoms with E-state index in [0.29, 0.717) is 5.02 Å². The average Bonchev–Trinajstić information content (AvgIpc) is 2.34. The zero-order valence-electron chi connectivity index (χ0n) is 10.2. The van der Waals surface area contributed by atoms with Gasteiger partial charge in [-0.2, -0.15) is 0 Å². The van der Waals surface area contributed by atoms with Crippen molar-refractivity contribution < 1.29 is 5.11 Å². The van der Waals surface area contributed by atoms with Crippen molar-refractivity contribution in [2.24, 2.45) is 0 Å². The highest BCUT2D eigenvalue weighted by atomic mass is 79.9. The van der Waals surface area contributed by atoms with Crippen LogP contribution in [0.2, 0.25) is 5.02 Å². The zero-order chi connectivity index (χ0) is 13.3. The minimum atomic E-state index is -0.643. The summed E-state index contributed by atoms with van der Waals surface area (Å²) in [5.41, 5.74) is 4.08. The maximum atomic E-state index is 10.4. The molecule has 3 heteroatoms. The van der Waals surface area contributed by atoms with Crippen LogP contribution in [0.25, 0.3) is 0 Å². The van der Waals surface area contributed by atoms with Crippen LogP contribution >= 0.6 is 27.5 Å². The molecule has 1 atom stereocenters. The van der Waals surface area contributed by atoms with Crippen molar-refractivity contribution in [3.8, 4) is 0 Å². The van der Waals surface area contributed by atoms with E-state index < -0.39 is 6.10 Å². The topological polar surface area (TPSA) is 20.2 Å². The van der Waals surface area contributed by atoms with E-state index in [1.807, 2.05) is 31.2 Å². The monoisotopic (exact) mass is 324 g/mol. The molecule has 0 aliphatic rings. The first-order valence-corrected chi connectivity index (χ1v) is 6.86. The van der Waals surface area contributed by atoms with Gasteiger partial charge < -0.3 is 5.11 Å². The number of aliphatic hydroxyl groups excluding tert-OH is 1. The van der Waals surface area contributed by atoms with Crippen LogP contribution in [0.15, 0.2) is 40.9 Å². The van der Waals surface area contributed by atoms with E-state index in [9.17, 15) is 5.11 Å². The van der Waals surface area contributed by atoms with Crippen molar-refractivity contribution in [3.63, 3.8) is 0 Å². The van der Waals surface area contributed by atoms with E-state index >= 15 is 0 Å². The molecule has 0 aliphatic carbocycles. The van der Waals surface area contributed by atoms with Crippen molar-refractivity contribution in [2.45, 2.75) is 20.0 Å². The van der Waals surface area contributed by atoms with Crippen molar-refractivity contribution in [1.82, 2.24) is 0 Å². The fourth-order valence-electron chi connectivity index (χ4n) is 1.84. The Balaban J connectivity index is 2.42.